The third-order valence-electron chi connectivity index (χ3n) is 13.4. The van der Waals surface area contributed by atoms with Gasteiger partial charge in [0.2, 0.25) is 0 Å². The molecule has 1 heterocycles. The van der Waals surface area contributed by atoms with Crippen molar-refractivity contribution in [3.63, 3.8) is 0 Å². The summed E-state index contributed by atoms with van der Waals surface area (Å²) in [6.45, 7) is 0. The highest BCUT2D eigenvalue weighted by molar-refractivity contribution is 6.20. The van der Waals surface area contributed by atoms with Crippen molar-refractivity contribution in [1.29, 1.82) is 0 Å². The van der Waals surface area contributed by atoms with Crippen molar-refractivity contribution in [1.82, 2.24) is 10.6 Å². The fourth-order valence-electron chi connectivity index (χ4n) is 9.89. The van der Waals surface area contributed by atoms with Gasteiger partial charge in [-0.3, -0.25) is 5.32 Å². The van der Waals surface area contributed by atoms with Gasteiger partial charge >= 0.3 is 0 Å². The van der Waals surface area contributed by atoms with Crippen LogP contribution in [0.15, 0.2) is 255 Å². The molecule has 11 aromatic carbocycles. The van der Waals surface area contributed by atoms with E-state index in [2.05, 4.69) is 271 Å². The maximum Gasteiger partial charge on any atom is 0.104 e. The number of anilines is 2. The Hall–Kier alpha value is -8.50. The number of nitrogens with one attached hydrogen (secondary N) is 3. The second-order valence-corrected chi connectivity index (χ2v) is 17.5. The van der Waals surface area contributed by atoms with Gasteiger partial charge in [-0.1, -0.05) is 224 Å². The van der Waals surface area contributed by atoms with Crippen LogP contribution >= 0.6 is 0 Å². The smallest absolute Gasteiger partial charge is 0.104 e. The topological polar surface area (TPSA) is 36.1 Å². The molecule has 0 aromatic heterocycles. The minimum atomic E-state index is -0.0604. The highest BCUT2D eigenvalue weighted by Crippen LogP contribution is 2.40. The third-order valence-corrected chi connectivity index (χ3v) is 13.4. The number of para-hydroxylation sites is 1. The lowest BCUT2D eigenvalue weighted by Crippen LogP contribution is -2.39. The van der Waals surface area contributed by atoms with Crippen molar-refractivity contribution >= 4 is 49.4 Å². The number of hydrogen-bond acceptors (Lipinski definition) is 3. The van der Waals surface area contributed by atoms with Gasteiger partial charge in [-0.05, 0) is 118 Å². The van der Waals surface area contributed by atoms with Crippen molar-refractivity contribution < 1.29 is 0 Å². The first-order chi connectivity index (χ1) is 33.2. The fraction of sp³-hybridized carbons (Fsp3) is 0.0312. The van der Waals surface area contributed by atoms with Crippen LogP contribution in [0.3, 0.4) is 0 Å². The van der Waals surface area contributed by atoms with E-state index < -0.39 is 0 Å². The summed E-state index contributed by atoms with van der Waals surface area (Å²) < 4.78 is 0. The van der Waals surface area contributed by atoms with Crippen molar-refractivity contribution in [2.45, 2.75) is 12.2 Å². The van der Waals surface area contributed by atoms with Crippen molar-refractivity contribution in [2.24, 2.45) is 0 Å². The molecule has 0 saturated carbocycles. The maximum atomic E-state index is 3.86. The van der Waals surface area contributed by atoms with E-state index in [1.54, 1.807) is 0 Å². The molecule has 0 aliphatic carbocycles. The van der Waals surface area contributed by atoms with Gasteiger partial charge in [-0.15, -0.1) is 0 Å². The molecule has 3 heteroatoms. The van der Waals surface area contributed by atoms with E-state index in [1.807, 2.05) is 0 Å². The molecule has 2 unspecified atom stereocenters. The molecule has 3 nitrogen and oxygen atoms in total. The Bertz CT molecular complexity index is 3560. The Morgan fingerprint density at radius 2 is 0.896 bits per heavy atom. The first-order valence-corrected chi connectivity index (χ1v) is 23.1. The summed E-state index contributed by atoms with van der Waals surface area (Å²) in [6, 6.07) is 89.8. The molecule has 67 heavy (non-hydrogen) atoms. The first kappa shape index (κ1) is 40.0. The van der Waals surface area contributed by atoms with Gasteiger partial charge in [0.1, 0.15) is 6.17 Å². The van der Waals surface area contributed by atoms with E-state index >= 15 is 0 Å². The minimum absolute atomic E-state index is 0.000117. The molecule has 318 valence electrons. The zero-order valence-corrected chi connectivity index (χ0v) is 36.9. The second kappa shape index (κ2) is 17.5. The van der Waals surface area contributed by atoms with Gasteiger partial charge < -0.3 is 10.6 Å². The number of benzene rings is 11. The molecule has 0 spiro atoms. The lowest BCUT2D eigenvalue weighted by Gasteiger charge is -2.33. The standard InChI is InChI=1S/C64H47N3/c1-3-13-47(14-4-1)56-20-11-12-22-60(56)65-54-38-35-50(36-39-54)62-42-61(66-64(67-62)52-16-5-2-6-17-52)49-31-27-45(28-32-49)43-23-25-44(26-24-43)46-29-33-51(34-30-46)63-57-21-10-8-18-53(57)41-59-55-19-9-7-15-48(55)37-40-58(59)63/h1-42,62,64-67H. The van der Waals surface area contributed by atoms with Crippen molar-refractivity contribution in [3.8, 4) is 44.5 Å². The van der Waals surface area contributed by atoms with Crippen molar-refractivity contribution in [3.05, 3.63) is 271 Å². The highest BCUT2D eigenvalue weighted by atomic mass is 15.2. The normalized spacial score (nSPS) is 14.7. The Labute approximate surface area is 391 Å². The van der Waals surface area contributed by atoms with E-state index in [9.17, 15) is 0 Å². The lowest BCUT2D eigenvalue weighted by atomic mass is 9.89. The quantitative estimate of drug-likeness (QED) is 0.1000. The highest BCUT2D eigenvalue weighted by Gasteiger charge is 2.24. The van der Waals surface area contributed by atoms with Gasteiger partial charge in [0.25, 0.3) is 0 Å². The monoisotopic (exact) mass is 857 g/mol. The molecule has 1 aliphatic heterocycles. The average Bonchev–Trinajstić information content (AvgIpc) is 3.41. The predicted molar refractivity (Wildman–Crippen MR) is 283 cm³/mol. The van der Waals surface area contributed by atoms with Crippen LogP contribution < -0.4 is 16.0 Å². The van der Waals surface area contributed by atoms with Crippen LogP contribution in [0.25, 0.3) is 82.5 Å². The minimum Gasteiger partial charge on any atom is -0.366 e. The van der Waals surface area contributed by atoms with Gasteiger partial charge in [-0.25, -0.2) is 0 Å². The van der Waals surface area contributed by atoms with E-state index in [0.29, 0.717) is 0 Å². The SMILES string of the molecule is C1=C(c2ccc(-c3ccc(-c4ccc(-c5c6ccccc6cc6c5ccc5ccccc56)cc4)cc3)cc2)NC(c2ccccc2)NC1c1ccc(Nc2ccccc2-c2ccccc2)cc1. The Kier molecular flexibility index (Phi) is 10.4. The molecule has 11 aromatic rings. The molecule has 2 atom stereocenters. The van der Waals surface area contributed by atoms with Crippen molar-refractivity contribution in [2.75, 3.05) is 5.32 Å². The summed E-state index contributed by atoms with van der Waals surface area (Å²) in [5.74, 6) is 0. The van der Waals surface area contributed by atoms with Crippen LogP contribution in [0.1, 0.15) is 28.9 Å². The molecule has 0 bridgehead atoms. The molecule has 1 aliphatic rings. The predicted octanol–water partition coefficient (Wildman–Crippen LogP) is 16.5. The zero-order chi connectivity index (χ0) is 44.5. The van der Waals surface area contributed by atoms with Gasteiger partial charge in [0, 0.05) is 22.6 Å². The van der Waals surface area contributed by atoms with Crippen LogP contribution in [0, 0.1) is 0 Å². The van der Waals surface area contributed by atoms with Crippen LogP contribution in [-0.4, -0.2) is 0 Å². The summed E-state index contributed by atoms with van der Waals surface area (Å²) in [5.41, 5.74) is 16.4. The molecule has 12 rings (SSSR count). The maximum absolute atomic E-state index is 3.86. The molecule has 0 saturated heterocycles. The summed E-state index contributed by atoms with van der Waals surface area (Å²) in [5, 5.41) is 19.0. The largest absolute Gasteiger partial charge is 0.366 e. The fourth-order valence-corrected chi connectivity index (χ4v) is 9.89. The number of rotatable bonds is 9. The Balaban J connectivity index is 0.788. The molecule has 3 N–H and O–H groups in total. The number of fused-ring (bicyclic) bond motifs is 4. The number of hydrogen-bond donors (Lipinski definition) is 3. The van der Waals surface area contributed by atoms with Gasteiger partial charge in [-0.2, -0.15) is 0 Å². The lowest BCUT2D eigenvalue weighted by molar-refractivity contribution is 0.443. The Morgan fingerprint density at radius 3 is 1.58 bits per heavy atom. The third kappa shape index (κ3) is 7.92. The van der Waals surface area contributed by atoms with E-state index in [-0.39, 0.29) is 12.2 Å². The van der Waals surface area contributed by atoms with Crippen LogP contribution in [0.5, 0.6) is 0 Å². The summed E-state index contributed by atoms with van der Waals surface area (Å²) >= 11 is 0. The summed E-state index contributed by atoms with van der Waals surface area (Å²) in [4.78, 5) is 0. The van der Waals surface area contributed by atoms with E-state index in [0.717, 1.165) is 22.6 Å². The Morgan fingerprint density at radius 1 is 0.343 bits per heavy atom. The van der Waals surface area contributed by atoms with Crippen LogP contribution in [0.4, 0.5) is 11.4 Å². The average molecular weight is 858 g/mol. The van der Waals surface area contributed by atoms with Crippen LogP contribution in [-0.2, 0) is 0 Å². The van der Waals surface area contributed by atoms with E-state index in [1.165, 1.54) is 88.0 Å². The van der Waals surface area contributed by atoms with Gasteiger partial charge in [0.15, 0.2) is 0 Å². The zero-order valence-electron chi connectivity index (χ0n) is 36.9. The van der Waals surface area contributed by atoms with Crippen LogP contribution in [0.2, 0.25) is 0 Å². The molecular weight excluding hydrogens is 811 g/mol. The molecule has 0 fully saturated rings. The summed E-state index contributed by atoms with van der Waals surface area (Å²) in [7, 11) is 0. The van der Waals surface area contributed by atoms with Gasteiger partial charge in [0.05, 0.1) is 6.04 Å². The molecular formula is C64H47N3. The first-order valence-electron chi connectivity index (χ1n) is 23.1. The van der Waals surface area contributed by atoms with E-state index in [4.69, 9.17) is 0 Å². The molecule has 0 amide bonds. The molecule has 0 radical (unpaired) electrons. The summed E-state index contributed by atoms with van der Waals surface area (Å²) in [6.07, 6.45) is 2.25. The second-order valence-electron chi connectivity index (χ2n) is 17.5.